The van der Waals surface area contributed by atoms with Crippen LogP contribution in [0.1, 0.15) is 62.7 Å². The molecule has 15 heteroatoms. The lowest BCUT2D eigenvalue weighted by Crippen LogP contribution is -2.26. The minimum atomic E-state index is -0.916. The molecule has 1 amide bonds. The molecule has 316 valence electrons. The molecule has 0 unspecified atom stereocenters. The van der Waals surface area contributed by atoms with Crippen LogP contribution >= 0.6 is 0 Å². The van der Waals surface area contributed by atoms with E-state index < -0.39 is 11.8 Å². The molecule has 63 heavy (non-hydrogen) atoms. The number of carbonyl (C=O) groups excluding carboxylic acids is 2. The summed E-state index contributed by atoms with van der Waals surface area (Å²) in [7, 11) is 0. The summed E-state index contributed by atoms with van der Waals surface area (Å²) >= 11 is 0. The monoisotopic (exact) mass is 841 g/mol. The SMILES string of the molecule is CCOc1ccc(-c2nc(C#N)c3c(n2)N(c2ccccc2C)C(=O)C3)cc1.CCOc1ccc(-c2nc(C#N)c3nc(OC(=O)OC(C)(C)C)n(-c4ccccc4C)c3n2)cc1. The first-order valence-electron chi connectivity index (χ1n) is 20.2. The molecule has 0 atom stereocenters. The topological polar surface area (TPSA) is 191 Å². The smallest absolute Gasteiger partial charge is 0.494 e. The number of anilines is 2. The Labute approximate surface area is 364 Å². The Hall–Kier alpha value is -8.17. The number of hydrogen-bond donors (Lipinski definition) is 0. The number of para-hydroxylation sites is 2. The summed E-state index contributed by atoms with van der Waals surface area (Å²) in [6.07, 6.45) is -0.795. The highest BCUT2D eigenvalue weighted by Crippen LogP contribution is 2.38. The maximum atomic E-state index is 12.7. The highest BCUT2D eigenvalue weighted by molar-refractivity contribution is 6.07. The van der Waals surface area contributed by atoms with Crippen LogP contribution in [0, 0.1) is 36.5 Å². The number of carbonyl (C=O) groups is 2. The van der Waals surface area contributed by atoms with Crippen LogP contribution in [0.5, 0.6) is 17.5 Å². The number of imidazole rings is 1. The molecule has 0 bridgehead atoms. The van der Waals surface area contributed by atoms with E-state index in [1.165, 1.54) is 0 Å². The van der Waals surface area contributed by atoms with Gasteiger partial charge in [-0.2, -0.15) is 15.5 Å². The average Bonchev–Trinajstić information content (AvgIpc) is 3.79. The van der Waals surface area contributed by atoms with E-state index in [2.05, 4.69) is 32.1 Å². The van der Waals surface area contributed by atoms with Crippen molar-refractivity contribution in [1.29, 1.82) is 10.5 Å². The van der Waals surface area contributed by atoms with Gasteiger partial charge < -0.3 is 18.9 Å². The van der Waals surface area contributed by atoms with E-state index in [-0.39, 0.29) is 35.2 Å². The summed E-state index contributed by atoms with van der Waals surface area (Å²) in [5, 5.41) is 19.4. The standard InChI is InChI=1S/C26H25N5O4.C22H18N4O2/c1-6-33-18-13-11-17(12-14-18)22-28-19(15-27)21-23(30-22)31(20-10-8-7-9-16(20)2)24(29-21)34-25(32)35-26(3,4)5;1-3-28-16-10-8-15(9-11-16)21-24-18(13-23)17-12-20(27)26(22(17)25-21)19-7-5-4-6-14(19)2/h7-14H,6H2,1-5H3;4-11H,3,12H2,1-2H3. The van der Waals surface area contributed by atoms with Crippen LogP contribution in [-0.4, -0.2) is 60.4 Å². The minimum Gasteiger partial charge on any atom is -0.494 e. The van der Waals surface area contributed by atoms with Gasteiger partial charge in [-0.15, -0.1) is 0 Å². The van der Waals surface area contributed by atoms with Crippen LogP contribution in [0.15, 0.2) is 97.1 Å². The molecule has 0 saturated carbocycles. The third-order valence-corrected chi connectivity index (χ3v) is 9.59. The predicted molar refractivity (Wildman–Crippen MR) is 235 cm³/mol. The third-order valence-electron chi connectivity index (χ3n) is 9.59. The van der Waals surface area contributed by atoms with Crippen molar-refractivity contribution in [3.05, 3.63) is 125 Å². The van der Waals surface area contributed by atoms with Gasteiger partial charge in [0.05, 0.1) is 31.0 Å². The molecule has 7 aromatic rings. The van der Waals surface area contributed by atoms with Crippen LogP contribution in [0.25, 0.3) is 39.6 Å². The molecule has 0 fully saturated rings. The fourth-order valence-electron chi connectivity index (χ4n) is 6.78. The van der Waals surface area contributed by atoms with Crippen LogP contribution in [0.3, 0.4) is 0 Å². The normalized spacial score (nSPS) is 11.8. The van der Waals surface area contributed by atoms with Crippen LogP contribution in [0.2, 0.25) is 0 Å². The molecule has 0 N–H and O–H groups in total. The summed E-state index contributed by atoms with van der Waals surface area (Å²) in [5.41, 5.74) is 5.41. The Balaban J connectivity index is 0.000000193. The van der Waals surface area contributed by atoms with Crippen molar-refractivity contribution in [2.75, 3.05) is 18.1 Å². The molecule has 1 aliphatic heterocycles. The highest BCUT2D eigenvalue weighted by atomic mass is 16.7. The zero-order valence-corrected chi connectivity index (χ0v) is 35.8. The van der Waals surface area contributed by atoms with Gasteiger partial charge in [0.1, 0.15) is 46.3 Å². The molecular weight excluding hydrogens is 799 g/mol. The maximum absolute atomic E-state index is 12.7. The van der Waals surface area contributed by atoms with Gasteiger partial charge >= 0.3 is 12.2 Å². The first-order valence-corrected chi connectivity index (χ1v) is 20.2. The zero-order valence-electron chi connectivity index (χ0n) is 35.8. The lowest BCUT2D eigenvalue weighted by molar-refractivity contribution is -0.116. The first-order chi connectivity index (χ1) is 30.3. The van der Waals surface area contributed by atoms with E-state index in [4.69, 9.17) is 23.9 Å². The fourth-order valence-corrected chi connectivity index (χ4v) is 6.78. The number of fused-ring (bicyclic) bond motifs is 2. The second-order valence-corrected chi connectivity index (χ2v) is 15.2. The molecule has 15 nitrogen and oxygen atoms in total. The number of hydrogen-bond acceptors (Lipinski definition) is 13. The van der Waals surface area contributed by atoms with Crippen molar-refractivity contribution in [3.63, 3.8) is 0 Å². The quantitative estimate of drug-likeness (QED) is 0.125. The summed E-state index contributed by atoms with van der Waals surface area (Å²) in [6, 6.07) is 33.9. The molecule has 4 heterocycles. The van der Waals surface area contributed by atoms with Gasteiger partial charge in [-0.05, 0) is 120 Å². The van der Waals surface area contributed by atoms with E-state index in [0.29, 0.717) is 53.1 Å². The van der Waals surface area contributed by atoms with Gasteiger partial charge in [0.15, 0.2) is 23.0 Å². The fraction of sp³-hybridized carbons (Fsp3) is 0.229. The number of amides is 1. The van der Waals surface area contributed by atoms with Crippen LogP contribution in [-0.2, 0) is 16.0 Å². The van der Waals surface area contributed by atoms with Crippen LogP contribution < -0.4 is 19.1 Å². The van der Waals surface area contributed by atoms with Crippen molar-refractivity contribution < 1.29 is 28.5 Å². The molecule has 4 aromatic carbocycles. The Morgan fingerprint density at radius 1 is 0.698 bits per heavy atom. The number of ether oxygens (including phenoxy) is 4. The highest BCUT2D eigenvalue weighted by Gasteiger charge is 2.34. The van der Waals surface area contributed by atoms with E-state index >= 15 is 0 Å². The molecule has 8 rings (SSSR count). The number of aromatic nitrogens is 6. The van der Waals surface area contributed by atoms with Gasteiger partial charge in [0.2, 0.25) is 5.91 Å². The van der Waals surface area contributed by atoms with Gasteiger partial charge in [-0.3, -0.25) is 9.69 Å². The Morgan fingerprint density at radius 2 is 1.22 bits per heavy atom. The van der Waals surface area contributed by atoms with Gasteiger partial charge in [0, 0.05) is 16.7 Å². The van der Waals surface area contributed by atoms with Gasteiger partial charge in [-0.25, -0.2) is 29.3 Å². The summed E-state index contributed by atoms with van der Waals surface area (Å²) < 4.78 is 23.4. The number of rotatable bonds is 9. The number of aryl methyl sites for hydroxylation is 2. The molecule has 1 aliphatic rings. The van der Waals surface area contributed by atoms with Crippen molar-refractivity contribution in [1.82, 2.24) is 29.5 Å². The average molecular weight is 842 g/mol. The molecule has 0 spiro atoms. The molecular formula is C48H43N9O6. The summed E-state index contributed by atoms with van der Waals surface area (Å²) in [6.45, 7) is 14.0. The van der Waals surface area contributed by atoms with Gasteiger partial charge in [-0.1, -0.05) is 36.4 Å². The number of benzene rings is 4. The summed E-state index contributed by atoms with van der Waals surface area (Å²) in [5.74, 6) is 2.58. The minimum absolute atomic E-state index is 0.0558. The maximum Gasteiger partial charge on any atom is 0.516 e. The van der Waals surface area contributed by atoms with E-state index in [1.807, 2.05) is 125 Å². The summed E-state index contributed by atoms with van der Waals surface area (Å²) in [4.78, 5) is 49.4. The zero-order chi connectivity index (χ0) is 44.8. The Bertz CT molecular complexity index is 2930. The molecule has 3 aromatic heterocycles. The van der Waals surface area contributed by atoms with E-state index in [1.54, 1.807) is 30.2 Å². The first kappa shape index (κ1) is 42.9. The molecule has 0 saturated heterocycles. The number of nitrogens with zero attached hydrogens (tertiary/aromatic N) is 9. The van der Waals surface area contributed by atoms with E-state index in [9.17, 15) is 20.1 Å². The number of nitriles is 2. The third kappa shape index (κ3) is 9.28. The second kappa shape index (κ2) is 18.2. The molecule has 0 radical (unpaired) electrons. The van der Waals surface area contributed by atoms with Crippen molar-refractivity contribution in [3.8, 4) is 58.1 Å². The van der Waals surface area contributed by atoms with Gasteiger partial charge in [0.25, 0.3) is 0 Å². The van der Waals surface area contributed by atoms with Crippen LogP contribution in [0.4, 0.5) is 16.3 Å². The van der Waals surface area contributed by atoms with Crippen molar-refractivity contribution in [2.45, 2.75) is 60.5 Å². The lowest BCUT2D eigenvalue weighted by Gasteiger charge is -2.19. The largest absolute Gasteiger partial charge is 0.516 e. The Kier molecular flexibility index (Phi) is 12.4. The predicted octanol–water partition coefficient (Wildman–Crippen LogP) is 9.32. The van der Waals surface area contributed by atoms with Crippen molar-refractivity contribution in [2.24, 2.45) is 0 Å². The second-order valence-electron chi connectivity index (χ2n) is 15.2. The van der Waals surface area contributed by atoms with Crippen molar-refractivity contribution >= 4 is 34.7 Å². The Morgan fingerprint density at radius 3 is 1.75 bits per heavy atom. The molecule has 0 aliphatic carbocycles. The lowest BCUT2D eigenvalue weighted by atomic mass is 10.1. The van der Waals surface area contributed by atoms with E-state index in [0.717, 1.165) is 33.9 Å².